The van der Waals surface area contributed by atoms with E-state index in [0.717, 1.165) is 25.0 Å². The first kappa shape index (κ1) is 19.9. The van der Waals surface area contributed by atoms with E-state index in [0.29, 0.717) is 19.0 Å². The van der Waals surface area contributed by atoms with Crippen LogP contribution in [0, 0.1) is 5.92 Å². The van der Waals surface area contributed by atoms with E-state index in [9.17, 15) is 22.8 Å². The number of benzene rings is 1. The largest absolute Gasteiger partial charge is 0.416 e. The van der Waals surface area contributed by atoms with Crippen LogP contribution in [0.4, 0.5) is 18.9 Å². The van der Waals surface area contributed by atoms with Crippen molar-refractivity contribution in [3.05, 3.63) is 59.4 Å². The molecule has 1 aliphatic heterocycles. The Morgan fingerprint density at radius 1 is 1.21 bits per heavy atom. The fourth-order valence-corrected chi connectivity index (χ4v) is 3.20. The third-order valence-electron chi connectivity index (χ3n) is 4.63. The highest BCUT2D eigenvalue weighted by molar-refractivity contribution is 6.05. The van der Waals surface area contributed by atoms with Crippen LogP contribution in [0.15, 0.2) is 42.6 Å². The number of anilines is 1. The number of halogens is 3. The number of amides is 2. The average Bonchev–Trinajstić information content (AvgIpc) is 2.67. The summed E-state index contributed by atoms with van der Waals surface area (Å²) in [4.78, 5) is 30.8. The van der Waals surface area contributed by atoms with E-state index in [1.807, 2.05) is 0 Å². The number of rotatable bonds is 3. The van der Waals surface area contributed by atoms with Crippen LogP contribution in [-0.4, -0.2) is 34.8 Å². The lowest BCUT2D eigenvalue weighted by molar-refractivity contribution is -0.137. The van der Waals surface area contributed by atoms with Crippen LogP contribution in [-0.2, 0) is 6.18 Å². The maximum Gasteiger partial charge on any atom is 0.416 e. The minimum Gasteiger partial charge on any atom is -0.337 e. The fraction of sp³-hybridized carbons (Fsp3) is 0.350. The maximum absolute atomic E-state index is 12.8. The van der Waals surface area contributed by atoms with Gasteiger partial charge in [0, 0.05) is 30.5 Å². The lowest BCUT2D eigenvalue weighted by Crippen LogP contribution is -2.39. The number of carbonyl (C=O) groups excluding carboxylic acids is 2. The molecule has 1 aromatic heterocycles. The second kappa shape index (κ2) is 8.00. The molecule has 2 aromatic rings. The first-order chi connectivity index (χ1) is 13.2. The number of carbonyl (C=O) groups is 2. The Labute approximate surface area is 160 Å². The third kappa shape index (κ3) is 4.68. The normalized spacial score (nSPS) is 17.3. The second-order valence-electron chi connectivity index (χ2n) is 6.96. The topological polar surface area (TPSA) is 62.3 Å². The minimum absolute atomic E-state index is 0.0226. The predicted molar refractivity (Wildman–Crippen MR) is 97.9 cm³/mol. The number of hydrogen-bond acceptors (Lipinski definition) is 3. The van der Waals surface area contributed by atoms with Crippen LogP contribution in [0.3, 0.4) is 0 Å². The van der Waals surface area contributed by atoms with Crippen molar-refractivity contribution in [1.82, 2.24) is 9.88 Å². The van der Waals surface area contributed by atoms with Gasteiger partial charge in [-0.3, -0.25) is 14.6 Å². The number of likely N-dealkylation sites (tertiary alicyclic amines) is 1. The Morgan fingerprint density at radius 3 is 2.71 bits per heavy atom. The highest BCUT2D eigenvalue weighted by Gasteiger charge is 2.30. The third-order valence-corrected chi connectivity index (χ3v) is 4.63. The van der Waals surface area contributed by atoms with Crippen LogP contribution in [0.1, 0.15) is 46.2 Å². The van der Waals surface area contributed by atoms with Crippen molar-refractivity contribution in [3.63, 3.8) is 0 Å². The van der Waals surface area contributed by atoms with Crippen LogP contribution >= 0.6 is 0 Å². The van der Waals surface area contributed by atoms with Crippen LogP contribution in [0.2, 0.25) is 0 Å². The van der Waals surface area contributed by atoms with Gasteiger partial charge in [-0.25, -0.2) is 0 Å². The van der Waals surface area contributed by atoms with E-state index < -0.39 is 17.6 Å². The van der Waals surface area contributed by atoms with Gasteiger partial charge in [-0.15, -0.1) is 0 Å². The first-order valence-electron chi connectivity index (χ1n) is 8.98. The molecule has 1 N–H and O–H groups in total. The van der Waals surface area contributed by atoms with Gasteiger partial charge in [-0.2, -0.15) is 13.2 Å². The molecule has 0 aliphatic carbocycles. The highest BCUT2D eigenvalue weighted by Crippen LogP contribution is 2.30. The number of aromatic nitrogens is 1. The number of piperidine rings is 1. The molecule has 28 heavy (non-hydrogen) atoms. The Bertz CT molecular complexity index is 883. The summed E-state index contributed by atoms with van der Waals surface area (Å²) in [6.07, 6.45) is -1.16. The SMILES string of the molecule is CC1CCCN(C(=O)c2cc(C(=O)Nc3cccc(C(F)(F)F)c3)ccn2)C1. The van der Waals surface area contributed by atoms with Gasteiger partial charge in [0.15, 0.2) is 0 Å². The molecule has 0 saturated carbocycles. The van der Waals surface area contributed by atoms with Gasteiger partial charge in [-0.05, 0) is 49.1 Å². The first-order valence-corrected chi connectivity index (χ1v) is 8.98. The summed E-state index contributed by atoms with van der Waals surface area (Å²) in [5.41, 5.74) is -0.531. The second-order valence-corrected chi connectivity index (χ2v) is 6.96. The zero-order valence-corrected chi connectivity index (χ0v) is 15.3. The average molecular weight is 391 g/mol. The van der Waals surface area contributed by atoms with E-state index in [4.69, 9.17) is 0 Å². The van der Waals surface area contributed by atoms with Crippen LogP contribution in [0.5, 0.6) is 0 Å². The summed E-state index contributed by atoms with van der Waals surface area (Å²) in [6.45, 7) is 3.36. The molecule has 2 amide bonds. The number of nitrogens with one attached hydrogen (secondary N) is 1. The van der Waals surface area contributed by atoms with E-state index >= 15 is 0 Å². The Balaban J connectivity index is 1.75. The van der Waals surface area contributed by atoms with Gasteiger partial charge in [0.25, 0.3) is 11.8 Å². The number of nitrogens with zero attached hydrogens (tertiary/aromatic N) is 2. The Kier molecular flexibility index (Phi) is 5.67. The molecule has 1 saturated heterocycles. The standard InChI is InChI=1S/C20H20F3N3O2/c1-13-4-3-9-26(12-13)19(28)17-10-14(7-8-24-17)18(27)25-16-6-2-5-15(11-16)20(21,22)23/h2,5-8,10-11,13H,3-4,9,12H2,1H3,(H,25,27). The summed E-state index contributed by atoms with van der Waals surface area (Å²) in [5, 5.41) is 2.43. The molecule has 1 unspecified atom stereocenters. The highest BCUT2D eigenvalue weighted by atomic mass is 19.4. The zero-order valence-electron chi connectivity index (χ0n) is 15.3. The lowest BCUT2D eigenvalue weighted by atomic mass is 10.00. The van der Waals surface area contributed by atoms with E-state index in [1.165, 1.54) is 30.5 Å². The summed E-state index contributed by atoms with van der Waals surface area (Å²) in [5.74, 6) is -0.451. The van der Waals surface area contributed by atoms with Gasteiger partial charge in [0.05, 0.1) is 5.56 Å². The number of alkyl halides is 3. The molecule has 2 heterocycles. The molecular formula is C20H20F3N3O2. The molecule has 1 aliphatic rings. The summed E-state index contributed by atoms with van der Waals surface area (Å²) in [6, 6.07) is 7.16. The van der Waals surface area contributed by atoms with Gasteiger partial charge in [-0.1, -0.05) is 13.0 Å². The summed E-state index contributed by atoms with van der Waals surface area (Å²) >= 11 is 0. The molecular weight excluding hydrogens is 371 g/mol. The Hall–Kier alpha value is -2.90. The minimum atomic E-state index is -4.50. The van der Waals surface area contributed by atoms with E-state index in [2.05, 4.69) is 17.2 Å². The Morgan fingerprint density at radius 2 is 2.00 bits per heavy atom. The maximum atomic E-state index is 12.8. The van der Waals surface area contributed by atoms with Gasteiger partial charge in [0.2, 0.25) is 0 Å². The van der Waals surface area contributed by atoms with Crippen molar-refractivity contribution in [2.75, 3.05) is 18.4 Å². The number of hydrogen-bond donors (Lipinski definition) is 1. The van der Waals surface area contributed by atoms with Crippen molar-refractivity contribution < 1.29 is 22.8 Å². The molecule has 5 nitrogen and oxygen atoms in total. The molecule has 3 rings (SSSR count). The van der Waals surface area contributed by atoms with Crippen molar-refractivity contribution in [2.24, 2.45) is 5.92 Å². The van der Waals surface area contributed by atoms with Gasteiger partial charge < -0.3 is 10.2 Å². The monoisotopic (exact) mass is 391 g/mol. The van der Waals surface area contributed by atoms with E-state index in [1.54, 1.807) is 4.90 Å². The quantitative estimate of drug-likeness (QED) is 0.852. The molecule has 8 heteroatoms. The lowest BCUT2D eigenvalue weighted by Gasteiger charge is -2.30. The van der Waals surface area contributed by atoms with Crippen molar-refractivity contribution in [1.29, 1.82) is 0 Å². The molecule has 0 spiro atoms. The molecule has 0 bridgehead atoms. The van der Waals surface area contributed by atoms with Crippen LogP contribution in [0.25, 0.3) is 0 Å². The molecule has 148 valence electrons. The summed E-state index contributed by atoms with van der Waals surface area (Å²) < 4.78 is 38.4. The smallest absolute Gasteiger partial charge is 0.337 e. The molecule has 1 fully saturated rings. The van der Waals surface area contributed by atoms with Crippen molar-refractivity contribution in [3.8, 4) is 0 Å². The molecule has 1 aromatic carbocycles. The van der Waals surface area contributed by atoms with E-state index in [-0.39, 0.29) is 22.9 Å². The van der Waals surface area contributed by atoms with Crippen molar-refractivity contribution >= 4 is 17.5 Å². The summed E-state index contributed by atoms with van der Waals surface area (Å²) in [7, 11) is 0. The molecule has 0 radical (unpaired) electrons. The van der Waals surface area contributed by atoms with Crippen molar-refractivity contribution in [2.45, 2.75) is 25.9 Å². The fourth-order valence-electron chi connectivity index (χ4n) is 3.20. The predicted octanol–water partition coefficient (Wildman–Crippen LogP) is 4.22. The van der Waals surface area contributed by atoms with Crippen LogP contribution < -0.4 is 5.32 Å². The van der Waals surface area contributed by atoms with Gasteiger partial charge in [0.1, 0.15) is 5.69 Å². The zero-order chi connectivity index (χ0) is 20.3. The molecule has 1 atom stereocenters. The number of pyridine rings is 1. The van der Waals surface area contributed by atoms with Gasteiger partial charge >= 0.3 is 6.18 Å².